The van der Waals surface area contributed by atoms with Gasteiger partial charge in [-0.15, -0.1) is 0 Å². The van der Waals surface area contributed by atoms with E-state index < -0.39 is 11.9 Å². The molecule has 0 amide bonds. The third-order valence-electron chi connectivity index (χ3n) is 2.82. The van der Waals surface area contributed by atoms with Crippen molar-refractivity contribution >= 4 is 23.5 Å². The van der Waals surface area contributed by atoms with Gasteiger partial charge >= 0.3 is 6.18 Å². The first-order valence-electron chi connectivity index (χ1n) is 6.59. The van der Waals surface area contributed by atoms with E-state index in [1.807, 2.05) is 17.4 Å². The zero-order valence-corrected chi connectivity index (χ0v) is 13.2. The number of halogens is 4. The van der Waals surface area contributed by atoms with E-state index in [9.17, 15) is 13.2 Å². The molecule has 24 heavy (non-hydrogen) atoms. The van der Waals surface area contributed by atoms with E-state index in [0.29, 0.717) is 12.3 Å². The molecule has 0 aliphatic rings. The molecule has 0 aliphatic heterocycles. The van der Waals surface area contributed by atoms with Crippen molar-refractivity contribution in [2.75, 3.05) is 17.7 Å². The van der Waals surface area contributed by atoms with Crippen molar-refractivity contribution in [3.8, 4) is 5.75 Å². The fourth-order valence-electron chi connectivity index (χ4n) is 1.62. The van der Waals surface area contributed by atoms with Gasteiger partial charge < -0.3 is 15.4 Å². The molecule has 0 fully saturated rings. The number of nitrogens with zero attached hydrogens (tertiary/aromatic N) is 3. The average molecular weight is 360 g/mol. The fourth-order valence-corrected chi connectivity index (χ4v) is 1.78. The van der Waals surface area contributed by atoms with Crippen LogP contribution in [0.5, 0.6) is 5.75 Å². The van der Waals surface area contributed by atoms with Crippen LogP contribution in [0, 0.1) is 0 Å². The molecule has 0 bridgehead atoms. The van der Waals surface area contributed by atoms with E-state index in [4.69, 9.17) is 16.3 Å². The normalized spacial score (nSPS) is 11.0. The molecule has 0 aliphatic carbocycles. The van der Waals surface area contributed by atoms with Gasteiger partial charge in [-0.05, 0) is 29.3 Å². The van der Waals surface area contributed by atoms with E-state index in [1.165, 1.54) is 0 Å². The lowest BCUT2D eigenvalue weighted by Gasteiger charge is -2.12. The molecule has 2 aromatic rings. The lowest BCUT2D eigenvalue weighted by atomic mass is 10.2. The number of allylic oxidation sites excluding steroid dienone is 1. The van der Waals surface area contributed by atoms with Crippen LogP contribution in [0.4, 0.5) is 25.1 Å². The number of nitrogens with one attached hydrogen (secondary N) is 2. The van der Waals surface area contributed by atoms with Crippen LogP contribution in [0.1, 0.15) is 5.56 Å². The summed E-state index contributed by atoms with van der Waals surface area (Å²) in [5.41, 5.74) is -0.313. The van der Waals surface area contributed by atoms with E-state index in [2.05, 4.69) is 26.8 Å². The monoisotopic (exact) mass is 359 g/mol. The SMILES string of the molecule is C=C(Nc1nc(Cl)nc(NCc2ccc(OC)cc2)n1)C(F)(F)F. The zero-order valence-electron chi connectivity index (χ0n) is 12.5. The highest BCUT2D eigenvalue weighted by molar-refractivity contribution is 6.28. The third-order valence-corrected chi connectivity index (χ3v) is 2.99. The van der Waals surface area contributed by atoms with Gasteiger partial charge in [0.1, 0.15) is 11.4 Å². The number of methoxy groups -OCH3 is 1. The van der Waals surface area contributed by atoms with Crippen LogP contribution in [0.2, 0.25) is 5.28 Å². The molecule has 0 spiro atoms. The Morgan fingerprint density at radius 2 is 1.79 bits per heavy atom. The summed E-state index contributed by atoms with van der Waals surface area (Å²) in [6, 6.07) is 7.19. The van der Waals surface area contributed by atoms with E-state index in [-0.39, 0.29) is 17.2 Å². The Kier molecular flexibility index (Phi) is 5.45. The maximum absolute atomic E-state index is 12.5. The Balaban J connectivity index is 2.06. The standard InChI is InChI=1S/C14H13ClF3N5O/c1-8(14(16,17)18)20-13-22-11(15)21-12(23-13)19-7-9-3-5-10(24-2)6-4-9/h3-6H,1,7H2,2H3,(H2,19,20,21,22,23). The van der Waals surface area contributed by atoms with Gasteiger partial charge in [-0.3, -0.25) is 0 Å². The average Bonchev–Trinajstić information content (AvgIpc) is 2.52. The van der Waals surface area contributed by atoms with Crippen molar-refractivity contribution in [3.05, 3.63) is 47.4 Å². The molecule has 1 aromatic heterocycles. The van der Waals surface area contributed by atoms with Crippen molar-refractivity contribution in [1.29, 1.82) is 0 Å². The lowest BCUT2D eigenvalue weighted by Crippen LogP contribution is -2.19. The molecule has 128 valence electrons. The van der Waals surface area contributed by atoms with Gasteiger partial charge in [0, 0.05) is 6.54 Å². The summed E-state index contributed by atoms with van der Waals surface area (Å²) in [5, 5.41) is 4.56. The molecular weight excluding hydrogens is 347 g/mol. The molecule has 0 saturated heterocycles. The van der Waals surface area contributed by atoms with Gasteiger partial charge in [0.15, 0.2) is 0 Å². The molecule has 0 unspecified atom stereocenters. The Bertz CT molecular complexity index is 721. The predicted octanol–water partition coefficient (Wildman–Crippen LogP) is 3.63. The van der Waals surface area contributed by atoms with E-state index >= 15 is 0 Å². The summed E-state index contributed by atoms with van der Waals surface area (Å²) in [6.07, 6.45) is -4.62. The highest BCUT2D eigenvalue weighted by Gasteiger charge is 2.32. The van der Waals surface area contributed by atoms with Crippen molar-refractivity contribution in [2.45, 2.75) is 12.7 Å². The Morgan fingerprint density at radius 3 is 2.38 bits per heavy atom. The fraction of sp³-hybridized carbons (Fsp3) is 0.214. The molecule has 6 nitrogen and oxygen atoms in total. The largest absolute Gasteiger partial charge is 0.497 e. The van der Waals surface area contributed by atoms with Gasteiger partial charge in [-0.1, -0.05) is 18.7 Å². The van der Waals surface area contributed by atoms with Crippen LogP contribution >= 0.6 is 11.6 Å². The molecule has 2 rings (SSSR count). The minimum atomic E-state index is -4.62. The number of hydrogen-bond acceptors (Lipinski definition) is 6. The summed E-state index contributed by atoms with van der Waals surface area (Å²) in [4.78, 5) is 11.2. The van der Waals surface area contributed by atoms with Crippen LogP contribution in [0.15, 0.2) is 36.5 Å². The van der Waals surface area contributed by atoms with Gasteiger partial charge in [0.05, 0.1) is 7.11 Å². The van der Waals surface area contributed by atoms with Crippen molar-refractivity contribution in [3.63, 3.8) is 0 Å². The number of alkyl halides is 3. The second-order valence-corrected chi connectivity index (χ2v) is 4.89. The summed E-state index contributed by atoms with van der Waals surface area (Å²) in [7, 11) is 1.56. The number of anilines is 2. The van der Waals surface area contributed by atoms with Gasteiger partial charge in [0.25, 0.3) is 0 Å². The summed E-state index contributed by atoms with van der Waals surface area (Å²) < 4.78 is 42.5. The van der Waals surface area contributed by atoms with Crippen LogP contribution in [0.25, 0.3) is 0 Å². The maximum atomic E-state index is 12.5. The zero-order chi connectivity index (χ0) is 17.7. The van der Waals surface area contributed by atoms with Crippen molar-refractivity contribution < 1.29 is 17.9 Å². The highest BCUT2D eigenvalue weighted by atomic mass is 35.5. The minimum Gasteiger partial charge on any atom is -0.497 e. The first kappa shape index (κ1) is 17.8. The van der Waals surface area contributed by atoms with Gasteiger partial charge in [-0.25, -0.2) is 0 Å². The van der Waals surface area contributed by atoms with Crippen LogP contribution in [-0.2, 0) is 6.54 Å². The molecular formula is C14H13ClF3N5O. The third kappa shape index (κ3) is 4.98. The highest BCUT2D eigenvalue weighted by Crippen LogP contribution is 2.25. The van der Waals surface area contributed by atoms with Gasteiger partial charge in [0.2, 0.25) is 17.2 Å². The smallest absolute Gasteiger partial charge is 0.430 e. The van der Waals surface area contributed by atoms with Crippen LogP contribution in [-0.4, -0.2) is 28.2 Å². The first-order chi connectivity index (χ1) is 11.3. The molecule has 1 aromatic carbocycles. The Morgan fingerprint density at radius 1 is 1.17 bits per heavy atom. The van der Waals surface area contributed by atoms with Gasteiger partial charge in [-0.2, -0.15) is 28.1 Å². The number of rotatable bonds is 6. The lowest BCUT2D eigenvalue weighted by molar-refractivity contribution is -0.0899. The quantitative estimate of drug-likeness (QED) is 0.820. The van der Waals surface area contributed by atoms with Crippen LogP contribution in [0.3, 0.4) is 0 Å². The van der Waals surface area contributed by atoms with Crippen LogP contribution < -0.4 is 15.4 Å². The summed E-state index contributed by atoms with van der Waals surface area (Å²) >= 11 is 5.70. The number of aromatic nitrogens is 3. The topological polar surface area (TPSA) is 72.0 Å². The molecule has 10 heteroatoms. The molecule has 2 N–H and O–H groups in total. The van der Waals surface area contributed by atoms with Crippen molar-refractivity contribution in [1.82, 2.24) is 15.0 Å². The first-order valence-corrected chi connectivity index (χ1v) is 6.97. The summed E-state index contributed by atoms with van der Waals surface area (Å²) in [6.45, 7) is 3.22. The Labute approximate surface area is 140 Å². The molecule has 0 atom stereocenters. The number of benzene rings is 1. The summed E-state index contributed by atoms with van der Waals surface area (Å²) in [5.74, 6) is 0.386. The number of ether oxygens (including phenoxy) is 1. The second-order valence-electron chi connectivity index (χ2n) is 4.55. The molecule has 0 radical (unpaired) electrons. The maximum Gasteiger partial charge on any atom is 0.430 e. The Hall–Kier alpha value is -2.55. The predicted molar refractivity (Wildman–Crippen MR) is 84.0 cm³/mol. The molecule has 1 heterocycles. The molecule has 0 saturated carbocycles. The number of hydrogen-bond donors (Lipinski definition) is 2. The van der Waals surface area contributed by atoms with Crippen molar-refractivity contribution in [2.24, 2.45) is 0 Å². The van der Waals surface area contributed by atoms with E-state index in [1.54, 1.807) is 19.2 Å². The van der Waals surface area contributed by atoms with E-state index in [0.717, 1.165) is 5.56 Å². The minimum absolute atomic E-state index is 0.0308. The second kappa shape index (κ2) is 7.35.